The van der Waals surface area contributed by atoms with Crippen molar-refractivity contribution in [1.82, 2.24) is 9.80 Å². The summed E-state index contributed by atoms with van der Waals surface area (Å²) in [4.78, 5) is 92.7. The van der Waals surface area contributed by atoms with Gasteiger partial charge in [0.1, 0.15) is 67.1 Å². The van der Waals surface area contributed by atoms with Crippen molar-refractivity contribution in [3.8, 4) is 28.7 Å². The average molecular weight is 1390 g/mol. The molecule has 0 spiro atoms. The predicted molar refractivity (Wildman–Crippen MR) is 354 cm³/mol. The number of hydrogen-bond acceptors (Lipinski definition) is 24. The van der Waals surface area contributed by atoms with Gasteiger partial charge in [0.2, 0.25) is 6.29 Å². The van der Waals surface area contributed by atoms with E-state index in [0.717, 1.165) is 9.80 Å². The van der Waals surface area contributed by atoms with E-state index in [4.69, 9.17) is 48.2 Å². The highest BCUT2D eigenvalue weighted by molar-refractivity contribution is 6.07. The maximum absolute atomic E-state index is 14.5. The number of methoxy groups -OCH3 is 2. The number of Topliss-reactive ketones (excluding diaryl/α,β-unsaturated/α-hetero) is 2. The van der Waals surface area contributed by atoms with Crippen molar-refractivity contribution in [2.24, 2.45) is 5.11 Å². The van der Waals surface area contributed by atoms with Crippen molar-refractivity contribution in [3.05, 3.63) is 134 Å². The third-order valence-corrected chi connectivity index (χ3v) is 18.6. The predicted octanol–water partition coefficient (Wildman–Crippen LogP) is 5.84. The molecule has 4 amide bonds. The molecule has 10 rings (SSSR count). The fourth-order valence-electron chi connectivity index (χ4n) is 13.1. The third-order valence-electron chi connectivity index (χ3n) is 18.6. The van der Waals surface area contributed by atoms with E-state index in [-0.39, 0.29) is 147 Å². The number of ether oxygens (including phenoxy) is 9. The van der Waals surface area contributed by atoms with E-state index in [1.165, 1.54) is 72.6 Å². The van der Waals surface area contributed by atoms with Crippen molar-refractivity contribution in [3.63, 3.8) is 0 Å². The highest BCUT2D eigenvalue weighted by Gasteiger charge is 2.49. The molecule has 0 radical (unpaired) electrons. The summed E-state index contributed by atoms with van der Waals surface area (Å²) in [5, 5.41) is 89.8. The van der Waals surface area contributed by atoms with Crippen LogP contribution in [-0.4, -0.2) is 220 Å². The molecule has 0 bridgehead atoms. The minimum Gasteiger partial charge on any atom is -0.493 e. The number of aryl methyl sites for hydroxylation is 1. The lowest BCUT2D eigenvalue weighted by Crippen LogP contribution is -2.54. The Morgan fingerprint density at radius 2 is 1.14 bits per heavy atom. The lowest BCUT2D eigenvalue weighted by molar-refractivity contribution is -0.242. The number of amides is 4. The molecule has 1 aliphatic carbocycles. The molecule has 4 fully saturated rings. The number of unbranched alkanes of at least 4 members (excludes halogenated alkanes) is 3. The van der Waals surface area contributed by atoms with Gasteiger partial charge in [-0.25, -0.2) is 19.4 Å². The molecule has 1 saturated carbocycles. The second-order valence-electron chi connectivity index (χ2n) is 25.7. The van der Waals surface area contributed by atoms with Gasteiger partial charge < -0.3 is 93.3 Å². The number of nitrogens with zero attached hydrogens (tertiary/aromatic N) is 7. The molecule has 6 aliphatic rings. The van der Waals surface area contributed by atoms with Crippen LogP contribution in [-0.2, 0) is 32.2 Å². The molecule has 8 N–H and O–H groups in total. The molecule has 3 saturated heterocycles. The summed E-state index contributed by atoms with van der Waals surface area (Å²) in [5.74, 6) is -1.08. The molecule has 30 heteroatoms. The molecular formula is C70H85N7O23. The summed E-state index contributed by atoms with van der Waals surface area (Å²) in [6, 6.07) is 12.9. The molecule has 4 aromatic carbocycles. The van der Waals surface area contributed by atoms with Crippen LogP contribution in [0.15, 0.2) is 90.1 Å². The molecular weight excluding hydrogens is 1310 g/mol. The van der Waals surface area contributed by atoms with Crippen LogP contribution in [0.1, 0.15) is 135 Å². The Morgan fingerprint density at radius 3 is 1.71 bits per heavy atom. The monoisotopic (exact) mass is 1390 g/mol. The van der Waals surface area contributed by atoms with E-state index in [2.05, 4.69) is 23.2 Å². The normalized spacial score (nSPS) is 24.8. The Morgan fingerprint density at radius 1 is 0.600 bits per heavy atom. The number of ketones is 2. The van der Waals surface area contributed by atoms with Gasteiger partial charge in [-0.15, -0.1) is 0 Å². The Kier molecular flexibility index (Phi) is 24.4. The first kappa shape index (κ1) is 73.8. The van der Waals surface area contributed by atoms with E-state index in [0.29, 0.717) is 72.1 Å². The zero-order chi connectivity index (χ0) is 71.6. The first-order chi connectivity index (χ1) is 48.0. The van der Waals surface area contributed by atoms with E-state index in [9.17, 15) is 69.6 Å². The molecule has 538 valence electrons. The topological polar surface area (TPSA) is 409 Å². The number of rotatable bonds is 28. The Balaban J connectivity index is 0.809. The molecule has 100 heavy (non-hydrogen) atoms. The summed E-state index contributed by atoms with van der Waals surface area (Å²) in [6.07, 6.45) is -13.2. The first-order valence-electron chi connectivity index (χ1n) is 33.2. The van der Waals surface area contributed by atoms with Gasteiger partial charge in [-0.3, -0.25) is 19.2 Å². The zero-order valence-corrected chi connectivity index (χ0v) is 55.8. The molecule has 12 atom stereocenters. The summed E-state index contributed by atoms with van der Waals surface area (Å²) >= 11 is 0. The van der Waals surface area contributed by atoms with E-state index >= 15 is 0 Å². The van der Waals surface area contributed by atoms with Crippen LogP contribution >= 0.6 is 0 Å². The summed E-state index contributed by atoms with van der Waals surface area (Å²) in [6.45, 7) is 9.57. The maximum Gasteiger partial charge on any atom is 0.416 e. The quantitative estimate of drug-likeness (QED) is 0.00827. The third kappa shape index (κ3) is 16.4. The molecule has 0 aromatic heterocycles. The van der Waals surface area contributed by atoms with Gasteiger partial charge in [0, 0.05) is 63.2 Å². The highest BCUT2D eigenvalue weighted by Crippen LogP contribution is 2.44. The van der Waals surface area contributed by atoms with Crippen molar-refractivity contribution in [1.29, 1.82) is 0 Å². The lowest BCUT2D eigenvalue weighted by Gasteiger charge is -2.35. The van der Waals surface area contributed by atoms with Gasteiger partial charge in [-0.1, -0.05) is 41.6 Å². The van der Waals surface area contributed by atoms with Crippen molar-refractivity contribution < 1.29 is 112 Å². The molecule has 5 heterocycles. The Labute approximate surface area is 575 Å². The molecule has 30 nitrogen and oxygen atoms in total. The van der Waals surface area contributed by atoms with Crippen molar-refractivity contribution >= 4 is 46.9 Å². The SMILES string of the molecule is C=C1C[C@H]2C(O)N(C(=O)OCc3ccc(O[C@@H]4CC[C@@H](O)[C@H](O)[C@H]4O)c(C(=O)CCCCN=[N+]=[N-])c3)c3cc(OCCCCCOc4cc5c(cc4OC)C(=O)N4CC(=C)C[C@H]4C(O)N5C(=O)OCc4ccc(O[C@@H]5OC[C@@H](O)[C@H](O)[C@H]5O)c(C(=O)CCCOC)c4)c(C)cc3C(=O)N2C1. The van der Waals surface area contributed by atoms with Crippen LogP contribution in [0.25, 0.3) is 10.4 Å². The number of azide groups is 1. The van der Waals surface area contributed by atoms with Crippen LogP contribution in [0.4, 0.5) is 21.0 Å². The molecule has 5 aliphatic heterocycles. The standard InChI is InChI=1S/C70H85N7O23/c1-37-24-48-66(88)76(69(90)97-34-40-14-17-54(99-56-19-16-52(80)60(82)62(56)84)44(27-40)50(78)12-7-8-20-72-73-71)46-30-57(39(3)26-42(46)64(86)74(48)32-37)94-22-9-6-10-23-95-59-31-47-43(29-58(59)93-5)65(87)75-33-38(2)25-49(75)67(89)77(47)70(91)98-35-41-15-18-55(45(28-41)51(79)13-11-21-92-4)100-68-63(85)61(83)53(81)36-96-68/h14-15,17-18,26-31,48-49,52-53,56,60-63,66-68,80-85,88-89H,1-2,6-13,16,19-25,32-36H2,3-5H3/t48-,49-,52+,53+,56+,60-,61-,62-,63+,66?,67?,68-/m0/s1. The first-order valence-corrected chi connectivity index (χ1v) is 33.2. The Bertz CT molecular complexity index is 3770. The number of hydrogen-bond donors (Lipinski definition) is 8. The number of aliphatic hydroxyl groups excluding tert-OH is 8. The van der Waals surface area contributed by atoms with E-state index in [1.54, 1.807) is 19.1 Å². The maximum atomic E-state index is 14.5. The van der Waals surface area contributed by atoms with Crippen LogP contribution < -0.4 is 33.5 Å². The van der Waals surface area contributed by atoms with Crippen molar-refractivity contribution in [2.75, 3.05) is 70.1 Å². The fraction of sp³-hybridized carbons (Fsp3) is 0.514. The minimum atomic E-state index is -1.66. The van der Waals surface area contributed by atoms with Gasteiger partial charge in [-0.05, 0) is 130 Å². The summed E-state index contributed by atoms with van der Waals surface area (Å²) < 4.78 is 52.6. The number of aliphatic hydroxyl groups is 8. The number of carbonyl (C=O) groups is 6. The minimum absolute atomic E-state index is 0.00240. The Hall–Kier alpha value is -8.91. The van der Waals surface area contributed by atoms with Crippen LogP contribution in [0, 0.1) is 6.92 Å². The van der Waals surface area contributed by atoms with Gasteiger partial charge in [0.25, 0.3) is 11.8 Å². The van der Waals surface area contributed by atoms with E-state index < -0.39 is 117 Å². The number of benzene rings is 4. The average Bonchev–Trinajstić information content (AvgIpc) is 1.60. The number of anilines is 2. The summed E-state index contributed by atoms with van der Waals surface area (Å²) in [5.41, 5.74) is 11.4. The van der Waals surface area contributed by atoms with Crippen LogP contribution in [0.3, 0.4) is 0 Å². The zero-order valence-electron chi connectivity index (χ0n) is 55.8. The lowest BCUT2D eigenvalue weighted by atomic mass is 9.89. The van der Waals surface area contributed by atoms with Gasteiger partial charge in [-0.2, -0.15) is 0 Å². The van der Waals surface area contributed by atoms with E-state index in [1.807, 2.05) is 0 Å². The second-order valence-corrected chi connectivity index (χ2v) is 25.7. The fourth-order valence-corrected chi connectivity index (χ4v) is 13.1. The van der Waals surface area contributed by atoms with Gasteiger partial charge in [0.05, 0.1) is 78.7 Å². The smallest absolute Gasteiger partial charge is 0.416 e. The van der Waals surface area contributed by atoms with Gasteiger partial charge >= 0.3 is 12.2 Å². The highest BCUT2D eigenvalue weighted by atomic mass is 16.7. The molecule has 2 unspecified atom stereocenters. The van der Waals surface area contributed by atoms with Crippen LogP contribution in [0.2, 0.25) is 0 Å². The second kappa shape index (κ2) is 33.0. The van der Waals surface area contributed by atoms with Gasteiger partial charge in [0.15, 0.2) is 35.5 Å². The number of fused-ring (bicyclic) bond motifs is 4. The van der Waals surface area contributed by atoms with Crippen molar-refractivity contribution in [2.45, 2.75) is 171 Å². The number of carbonyl (C=O) groups excluding carboxylic acids is 6. The summed E-state index contributed by atoms with van der Waals surface area (Å²) in [7, 11) is 2.88. The van der Waals surface area contributed by atoms with Crippen LogP contribution in [0.5, 0.6) is 28.7 Å². The largest absolute Gasteiger partial charge is 0.493 e. The molecule has 4 aromatic rings.